The van der Waals surface area contributed by atoms with Gasteiger partial charge in [0.1, 0.15) is 5.69 Å². The summed E-state index contributed by atoms with van der Waals surface area (Å²) in [5.74, 6) is 0.119. The van der Waals surface area contributed by atoms with Gasteiger partial charge < -0.3 is 15.5 Å². The van der Waals surface area contributed by atoms with E-state index in [4.69, 9.17) is 5.73 Å². The van der Waals surface area contributed by atoms with Crippen molar-refractivity contribution in [3.63, 3.8) is 0 Å². The molecule has 174 valence electrons. The number of hydrogen-bond acceptors (Lipinski definition) is 5. The predicted octanol–water partition coefficient (Wildman–Crippen LogP) is 4.16. The topological polar surface area (TPSA) is 92.4 Å². The Kier molecular flexibility index (Phi) is 5.17. The number of aromatic nitrogens is 2. The molecule has 7 nitrogen and oxygen atoms in total. The van der Waals surface area contributed by atoms with Gasteiger partial charge in [0, 0.05) is 38.0 Å². The van der Waals surface area contributed by atoms with Crippen LogP contribution in [0, 0.1) is 0 Å². The van der Waals surface area contributed by atoms with Gasteiger partial charge in [-0.15, -0.1) is 0 Å². The summed E-state index contributed by atoms with van der Waals surface area (Å²) >= 11 is 0. The lowest BCUT2D eigenvalue weighted by Crippen LogP contribution is -2.27. The molecule has 2 N–H and O–H groups in total. The summed E-state index contributed by atoms with van der Waals surface area (Å²) in [4.78, 5) is 38.3. The van der Waals surface area contributed by atoms with E-state index in [0.29, 0.717) is 42.7 Å². The van der Waals surface area contributed by atoms with Crippen molar-refractivity contribution in [3.05, 3.63) is 89.1 Å². The minimum absolute atomic E-state index is 0.0817. The van der Waals surface area contributed by atoms with Gasteiger partial charge in [0.25, 0.3) is 5.91 Å². The summed E-state index contributed by atoms with van der Waals surface area (Å²) < 4.78 is 0. The smallest absolute Gasteiger partial charge is 0.273 e. The van der Waals surface area contributed by atoms with Crippen LogP contribution in [0.3, 0.4) is 0 Å². The standard InChI is InChI=1S/C28H25N5O2/c29-28-30-24-12-11-18(22-9-4-3-8-21(22)17-32-13-5-10-25(32)34)14-23(24)26(31-28)27(35)33-15-19-6-1-2-7-20(19)16-33/h1-4,6-9,11-12,14H,5,10,13,15-17H2,(H2,29,30,31). The largest absolute Gasteiger partial charge is 0.368 e. The van der Waals surface area contributed by atoms with Gasteiger partial charge in [-0.25, -0.2) is 9.97 Å². The van der Waals surface area contributed by atoms with Gasteiger partial charge in [0.15, 0.2) is 0 Å². The maximum Gasteiger partial charge on any atom is 0.273 e. The molecule has 3 heterocycles. The highest BCUT2D eigenvalue weighted by Crippen LogP contribution is 2.31. The number of fused-ring (bicyclic) bond motifs is 2. The zero-order chi connectivity index (χ0) is 23.9. The average Bonchev–Trinajstić information content (AvgIpc) is 3.49. The van der Waals surface area contributed by atoms with Gasteiger partial charge in [-0.2, -0.15) is 0 Å². The van der Waals surface area contributed by atoms with Crippen LogP contribution in [-0.2, 0) is 24.4 Å². The summed E-state index contributed by atoms with van der Waals surface area (Å²) in [5.41, 5.74) is 12.3. The van der Waals surface area contributed by atoms with Crippen LogP contribution in [0.5, 0.6) is 0 Å². The number of carbonyl (C=O) groups is 2. The molecule has 1 saturated heterocycles. The molecule has 0 saturated carbocycles. The van der Waals surface area contributed by atoms with Gasteiger partial charge in [-0.3, -0.25) is 9.59 Å². The Hall–Kier alpha value is -4.26. The monoisotopic (exact) mass is 463 g/mol. The van der Waals surface area contributed by atoms with E-state index in [1.54, 1.807) is 4.90 Å². The van der Waals surface area contributed by atoms with Crippen LogP contribution in [0.25, 0.3) is 22.0 Å². The molecule has 0 atom stereocenters. The zero-order valence-corrected chi connectivity index (χ0v) is 19.3. The average molecular weight is 464 g/mol. The molecular weight excluding hydrogens is 438 g/mol. The quantitative estimate of drug-likeness (QED) is 0.491. The highest BCUT2D eigenvalue weighted by Gasteiger charge is 2.27. The third-order valence-corrected chi connectivity index (χ3v) is 6.90. The second-order valence-electron chi connectivity index (χ2n) is 9.17. The molecule has 6 rings (SSSR count). The third-order valence-electron chi connectivity index (χ3n) is 6.90. The Morgan fingerprint density at radius 2 is 1.69 bits per heavy atom. The summed E-state index contributed by atoms with van der Waals surface area (Å²) in [6, 6.07) is 22.0. The van der Waals surface area contributed by atoms with Crippen molar-refractivity contribution >= 4 is 28.7 Å². The van der Waals surface area contributed by atoms with E-state index in [0.717, 1.165) is 40.8 Å². The van der Waals surface area contributed by atoms with Crippen LogP contribution < -0.4 is 5.73 Å². The van der Waals surface area contributed by atoms with Crippen molar-refractivity contribution in [2.24, 2.45) is 0 Å². The number of nitrogens with two attached hydrogens (primary N) is 1. The SMILES string of the molecule is Nc1nc(C(=O)N2Cc3ccccc3C2)c2cc(-c3ccccc3CN3CCCC3=O)ccc2n1. The van der Waals surface area contributed by atoms with Crippen LogP contribution in [0.2, 0.25) is 0 Å². The van der Waals surface area contributed by atoms with E-state index in [2.05, 4.69) is 28.2 Å². The molecule has 2 amide bonds. The first-order valence-corrected chi connectivity index (χ1v) is 11.9. The van der Waals surface area contributed by atoms with Crippen LogP contribution in [-0.4, -0.2) is 38.1 Å². The van der Waals surface area contributed by atoms with Crippen molar-refractivity contribution in [2.45, 2.75) is 32.5 Å². The number of hydrogen-bond donors (Lipinski definition) is 1. The molecule has 0 aliphatic carbocycles. The van der Waals surface area contributed by atoms with Crippen molar-refractivity contribution < 1.29 is 9.59 Å². The number of likely N-dealkylation sites (tertiary alicyclic amines) is 1. The fourth-order valence-electron chi connectivity index (χ4n) is 5.12. The molecule has 3 aromatic carbocycles. The third kappa shape index (κ3) is 3.89. The molecule has 4 aromatic rings. The number of rotatable bonds is 4. The Balaban J connectivity index is 1.39. The Morgan fingerprint density at radius 1 is 0.943 bits per heavy atom. The molecule has 0 unspecified atom stereocenters. The molecule has 0 radical (unpaired) electrons. The van der Waals surface area contributed by atoms with Gasteiger partial charge >= 0.3 is 0 Å². The van der Waals surface area contributed by atoms with Crippen LogP contribution in [0.1, 0.15) is 40.0 Å². The molecule has 35 heavy (non-hydrogen) atoms. The van der Waals surface area contributed by atoms with E-state index in [1.807, 2.05) is 53.4 Å². The first kappa shape index (κ1) is 21.3. The molecule has 2 aliphatic heterocycles. The van der Waals surface area contributed by atoms with Gasteiger partial charge in [0.2, 0.25) is 11.9 Å². The number of nitrogen functional groups attached to an aromatic ring is 1. The van der Waals surface area contributed by atoms with Gasteiger partial charge in [-0.1, -0.05) is 54.6 Å². The summed E-state index contributed by atoms with van der Waals surface area (Å²) in [7, 11) is 0. The molecule has 1 aromatic heterocycles. The lowest BCUT2D eigenvalue weighted by Gasteiger charge is -2.19. The summed E-state index contributed by atoms with van der Waals surface area (Å²) in [6.07, 6.45) is 1.52. The Bertz CT molecular complexity index is 1460. The highest BCUT2D eigenvalue weighted by atomic mass is 16.2. The lowest BCUT2D eigenvalue weighted by molar-refractivity contribution is -0.128. The molecule has 0 spiro atoms. The van der Waals surface area contributed by atoms with E-state index in [-0.39, 0.29) is 17.8 Å². The van der Waals surface area contributed by atoms with E-state index in [1.165, 1.54) is 0 Å². The number of nitrogens with zero attached hydrogens (tertiary/aromatic N) is 4. The maximum atomic E-state index is 13.6. The number of amides is 2. The van der Waals surface area contributed by atoms with Crippen molar-refractivity contribution in [1.29, 1.82) is 0 Å². The van der Waals surface area contributed by atoms with E-state index < -0.39 is 0 Å². The first-order valence-electron chi connectivity index (χ1n) is 11.9. The van der Waals surface area contributed by atoms with Crippen LogP contribution in [0.15, 0.2) is 66.7 Å². The molecule has 1 fully saturated rings. The van der Waals surface area contributed by atoms with E-state index >= 15 is 0 Å². The summed E-state index contributed by atoms with van der Waals surface area (Å²) in [5, 5.41) is 0.671. The van der Waals surface area contributed by atoms with Gasteiger partial charge in [0.05, 0.1) is 5.52 Å². The minimum atomic E-state index is -0.159. The predicted molar refractivity (Wildman–Crippen MR) is 134 cm³/mol. The fraction of sp³-hybridized carbons (Fsp3) is 0.214. The minimum Gasteiger partial charge on any atom is -0.368 e. The molecule has 0 bridgehead atoms. The zero-order valence-electron chi connectivity index (χ0n) is 19.3. The Labute approximate surface area is 203 Å². The molecular formula is C28H25N5O2. The van der Waals surface area contributed by atoms with E-state index in [9.17, 15) is 9.59 Å². The molecule has 7 heteroatoms. The lowest BCUT2D eigenvalue weighted by atomic mass is 9.97. The van der Waals surface area contributed by atoms with Crippen LogP contribution in [0.4, 0.5) is 5.95 Å². The first-order chi connectivity index (χ1) is 17.1. The van der Waals surface area contributed by atoms with Gasteiger partial charge in [-0.05, 0) is 46.4 Å². The highest BCUT2D eigenvalue weighted by molar-refractivity contribution is 6.06. The normalized spacial score (nSPS) is 15.1. The van der Waals surface area contributed by atoms with Crippen molar-refractivity contribution in [3.8, 4) is 11.1 Å². The van der Waals surface area contributed by atoms with Crippen LogP contribution >= 0.6 is 0 Å². The van der Waals surface area contributed by atoms with Crippen molar-refractivity contribution in [2.75, 3.05) is 12.3 Å². The summed E-state index contributed by atoms with van der Waals surface area (Å²) in [6.45, 7) is 2.46. The second kappa shape index (κ2) is 8.51. The fourth-order valence-corrected chi connectivity index (χ4v) is 5.12. The number of carbonyl (C=O) groups excluding carboxylic acids is 2. The number of anilines is 1. The Morgan fingerprint density at radius 3 is 2.43 bits per heavy atom. The molecule has 2 aliphatic rings. The number of benzene rings is 3. The van der Waals surface area contributed by atoms with Crippen molar-refractivity contribution in [1.82, 2.24) is 19.8 Å². The second-order valence-corrected chi connectivity index (χ2v) is 9.17. The maximum absolute atomic E-state index is 13.6.